The van der Waals surface area contributed by atoms with Crippen LogP contribution in [-0.2, 0) is 18.3 Å². The molecule has 5 aromatic rings. The number of allylic oxidation sites excluding steroid dienone is 4. The van der Waals surface area contributed by atoms with Crippen LogP contribution in [0, 0.1) is 23.2 Å². The summed E-state index contributed by atoms with van der Waals surface area (Å²) in [7, 11) is 0. The van der Waals surface area contributed by atoms with E-state index < -0.39 is 0 Å². The Balaban J connectivity index is 1.15. The minimum Gasteiger partial charge on any atom is -0.311 e. The van der Waals surface area contributed by atoms with Gasteiger partial charge in [0.25, 0.3) is 0 Å². The van der Waals surface area contributed by atoms with Crippen LogP contribution < -0.4 is 4.90 Å². The van der Waals surface area contributed by atoms with Gasteiger partial charge in [0, 0.05) is 28.4 Å². The summed E-state index contributed by atoms with van der Waals surface area (Å²) in [6, 6.07) is 41.3. The molecule has 1 nitrogen and oxygen atoms in total. The third-order valence-electron chi connectivity index (χ3n) is 12.7. The van der Waals surface area contributed by atoms with Crippen molar-refractivity contribution < 1.29 is 0 Å². The maximum atomic E-state index is 2.61. The van der Waals surface area contributed by atoms with Gasteiger partial charge in [-0.3, -0.25) is 0 Å². The predicted octanol–water partition coefficient (Wildman–Crippen LogP) is 11.7. The van der Waals surface area contributed by atoms with Crippen molar-refractivity contribution in [1.82, 2.24) is 0 Å². The van der Waals surface area contributed by atoms with E-state index in [9.17, 15) is 0 Å². The summed E-state index contributed by atoms with van der Waals surface area (Å²) in [5.74, 6) is 1.41. The minimum absolute atomic E-state index is 0.0159. The molecule has 5 aliphatic carbocycles. The Morgan fingerprint density at radius 1 is 0.625 bits per heavy atom. The second-order valence-corrected chi connectivity index (χ2v) is 15.8. The van der Waals surface area contributed by atoms with Gasteiger partial charge in [-0.25, -0.2) is 0 Å². The highest BCUT2D eigenvalue weighted by atomic mass is 15.1. The molecule has 5 aromatic carbocycles. The Morgan fingerprint density at radius 2 is 1.29 bits per heavy atom. The van der Waals surface area contributed by atoms with Crippen molar-refractivity contribution in [1.29, 1.82) is 0 Å². The first-order valence-electron chi connectivity index (χ1n) is 17.7. The highest BCUT2D eigenvalue weighted by molar-refractivity contribution is 5.87. The monoisotopic (exact) mass is 619 g/mol. The van der Waals surface area contributed by atoms with Crippen molar-refractivity contribution in [2.24, 2.45) is 23.2 Å². The number of rotatable bonds is 3. The Kier molecular flexibility index (Phi) is 5.77. The van der Waals surface area contributed by atoms with Crippen LogP contribution in [0.15, 0.2) is 139 Å². The Bertz CT molecular complexity index is 2270. The van der Waals surface area contributed by atoms with Crippen LogP contribution in [0.2, 0.25) is 0 Å². The second kappa shape index (κ2) is 9.83. The lowest BCUT2D eigenvalue weighted by Gasteiger charge is -2.35. The molecular weight excluding hydrogens is 579 g/mol. The van der Waals surface area contributed by atoms with Crippen LogP contribution in [0.1, 0.15) is 61.1 Å². The third kappa shape index (κ3) is 3.85. The van der Waals surface area contributed by atoms with Gasteiger partial charge in [0.15, 0.2) is 0 Å². The van der Waals surface area contributed by atoms with Gasteiger partial charge in [0.2, 0.25) is 0 Å². The lowest BCUT2D eigenvalue weighted by Crippen LogP contribution is -2.29. The number of benzene rings is 5. The molecule has 1 heteroatoms. The van der Waals surface area contributed by atoms with Gasteiger partial charge < -0.3 is 4.90 Å². The van der Waals surface area contributed by atoms with Gasteiger partial charge >= 0.3 is 0 Å². The van der Waals surface area contributed by atoms with Crippen molar-refractivity contribution in [2.45, 2.75) is 46.0 Å². The maximum absolute atomic E-state index is 2.61. The number of hydrogen-bond donors (Lipinski definition) is 0. The minimum atomic E-state index is -0.0159. The summed E-state index contributed by atoms with van der Waals surface area (Å²) in [4.78, 5) is 2.54. The van der Waals surface area contributed by atoms with Crippen molar-refractivity contribution in [3.05, 3.63) is 172 Å². The number of hydrogen-bond acceptors (Lipinski definition) is 1. The zero-order chi connectivity index (χ0) is 32.4. The van der Waals surface area contributed by atoms with E-state index >= 15 is 0 Å². The first-order valence-corrected chi connectivity index (χ1v) is 17.7. The number of nitrogens with zero attached hydrogens (tertiary/aromatic N) is 1. The molecule has 0 aromatic heterocycles. The average Bonchev–Trinajstić information content (AvgIpc) is 3.67. The molecule has 3 unspecified atom stereocenters. The zero-order valence-corrected chi connectivity index (χ0v) is 28.3. The highest BCUT2D eigenvalue weighted by Crippen LogP contribution is 2.60. The molecule has 234 valence electrons. The molecule has 0 amide bonds. The molecule has 0 bridgehead atoms. The van der Waals surface area contributed by atoms with Crippen LogP contribution >= 0.6 is 0 Å². The molecule has 1 fully saturated rings. The van der Waals surface area contributed by atoms with Crippen molar-refractivity contribution in [3.8, 4) is 22.3 Å². The fourth-order valence-electron chi connectivity index (χ4n) is 10.1. The third-order valence-corrected chi connectivity index (χ3v) is 12.7. The molecule has 0 spiro atoms. The first-order chi connectivity index (χ1) is 23.3. The quantitative estimate of drug-likeness (QED) is 0.190. The lowest BCUT2D eigenvalue weighted by atomic mass is 9.70. The van der Waals surface area contributed by atoms with E-state index in [0.717, 1.165) is 12.8 Å². The van der Waals surface area contributed by atoms with E-state index in [1.807, 2.05) is 0 Å². The van der Waals surface area contributed by atoms with E-state index in [-0.39, 0.29) is 10.8 Å². The number of anilines is 2. The average molecular weight is 620 g/mol. The van der Waals surface area contributed by atoms with E-state index in [1.54, 1.807) is 5.57 Å². The zero-order valence-electron chi connectivity index (χ0n) is 28.3. The van der Waals surface area contributed by atoms with Crippen LogP contribution in [0.3, 0.4) is 0 Å². The van der Waals surface area contributed by atoms with Crippen LogP contribution in [-0.4, -0.2) is 0 Å². The summed E-state index contributed by atoms with van der Waals surface area (Å²) in [5.41, 5.74) is 19.5. The Hall–Kier alpha value is -4.88. The highest BCUT2D eigenvalue weighted by Gasteiger charge is 2.52. The van der Waals surface area contributed by atoms with E-state index in [2.05, 4.69) is 166 Å². The normalized spacial score (nSPS) is 22.7. The smallest absolute Gasteiger partial charge is 0.0467 e. The maximum Gasteiger partial charge on any atom is 0.0467 e. The molecule has 0 radical (unpaired) electrons. The van der Waals surface area contributed by atoms with Crippen molar-refractivity contribution in [2.75, 3.05) is 4.90 Å². The molecule has 0 saturated heterocycles. The summed E-state index contributed by atoms with van der Waals surface area (Å²) in [5, 5.41) is 0. The predicted molar refractivity (Wildman–Crippen MR) is 200 cm³/mol. The summed E-state index contributed by atoms with van der Waals surface area (Å²) in [6.07, 6.45) is 12.3. The van der Waals surface area contributed by atoms with Gasteiger partial charge in [0.1, 0.15) is 0 Å². The topological polar surface area (TPSA) is 3.24 Å². The SMILES string of the molecule is CC1(C)c2ccccc2-c2cc(N(C3=CC4C5=Cc6ccccc6CC5C(C)(C)C4C=C3)c3ccc4c(c3)-c3ccccc3C4)ccc21. The molecule has 0 N–H and O–H groups in total. The number of fused-ring (bicyclic) bond motifs is 10. The second-order valence-electron chi connectivity index (χ2n) is 15.8. The summed E-state index contributed by atoms with van der Waals surface area (Å²) < 4.78 is 0. The Labute approximate surface area is 285 Å². The van der Waals surface area contributed by atoms with Crippen LogP contribution in [0.4, 0.5) is 11.4 Å². The molecule has 0 aliphatic heterocycles. The lowest BCUT2D eigenvalue weighted by molar-refractivity contribution is 0.216. The summed E-state index contributed by atoms with van der Waals surface area (Å²) in [6.45, 7) is 9.74. The van der Waals surface area contributed by atoms with Gasteiger partial charge in [-0.15, -0.1) is 0 Å². The van der Waals surface area contributed by atoms with Gasteiger partial charge in [-0.2, -0.15) is 0 Å². The van der Waals surface area contributed by atoms with E-state index in [0.29, 0.717) is 17.8 Å². The van der Waals surface area contributed by atoms with Gasteiger partial charge in [-0.05, 0) is 116 Å². The van der Waals surface area contributed by atoms with Crippen LogP contribution in [0.5, 0.6) is 0 Å². The Morgan fingerprint density at radius 3 is 2.15 bits per heavy atom. The molecule has 3 atom stereocenters. The van der Waals surface area contributed by atoms with Crippen LogP contribution in [0.25, 0.3) is 28.3 Å². The van der Waals surface area contributed by atoms with Crippen molar-refractivity contribution >= 4 is 17.5 Å². The molecular formula is C47H41N. The summed E-state index contributed by atoms with van der Waals surface area (Å²) >= 11 is 0. The first kappa shape index (κ1) is 28.2. The molecule has 48 heavy (non-hydrogen) atoms. The fourth-order valence-corrected chi connectivity index (χ4v) is 10.1. The molecule has 5 aliphatic rings. The van der Waals surface area contributed by atoms with E-state index in [1.165, 1.54) is 72.7 Å². The largest absolute Gasteiger partial charge is 0.311 e. The molecule has 0 heterocycles. The van der Waals surface area contributed by atoms with Gasteiger partial charge in [-0.1, -0.05) is 136 Å². The fraction of sp³-hybridized carbons (Fsp3) is 0.234. The molecule has 10 rings (SSSR count). The van der Waals surface area contributed by atoms with Gasteiger partial charge in [0.05, 0.1) is 0 Å². The standard InChI is InChI=1S/C47H41N/c1-46(2)42-16-10-9-15-37(42)40-27-34(19-21-43(40)46)48(33-18-17-32-23-31-13-7-8-14-36(31)38(32)26-33)35-20-22-44-41(28-35)39-24-29-11-5-6-12-30(29)25-45(39)47(44,3)4/h5-22,24,26-28,41,44-45H,23,25H2,1-4H3. The van der Waals surface area contributed by atoms with E-state index in [4.69, 9.17) is 0 Å². The molecule has 1 saturated carbocycles. The van der Waals surface area contributed by atoms with Crippen molar-refractivity contribution in [3.63, 3.8) is 0 Å².